The van der Waals surface area contributed by atoms with Gasteiger partial charge in [0.25, 0.3) is 0 Å². The molecule has 0 atom stereocenters. The highest BCUT2D eigenvalue weighted by molar-refractivity contribution is 5.67. The summed E-state index contributed by atoms with van der Waals surface area (Å²) >= 11 is 0. The van der Waals surface area contributed by atoms with Crippen LogP contribution in [0, 0.1) is 0 Å². The van der Waals surface area contributed by atoms with Gasteiger partial charge in [0.2, 0.25) is 0 Å². The molecule has 0 bridgehead atoms. The summed E-state index contributed by atoms with van der Waals surface area (Å²) < 4.78 is 0. The van der Waals surface area contributed by atoms with Crippen molar-refractivity contribution in [2.45, 2.75) is 181 Å². The Morgan fingerprint density at radius 3 is 0.649 bits per heavy atom. The van der Waals surface area contributed by atoms with Crippen LogP contribution in [0.5, 0.6) is 0 Å². The molecule has 0 aliphatic carbocycles. The van der Waals surface area contributed by atoms with E-state index in [0.717, 1.165) is 38.5 Å². The second kappa shape index (κ2) is 36.6. The van der Waals surface area contributed by atoms with Gasteiger partial charge in [-0.2, -0.15) is 0 Å². The molecule has 37 heavy (non-hydrogen) atoms. The molecule has 6 nitrogen and oxygen atoms in total. The molecule has 0 unspecified atom stereocenters. The van der Waals surface area contributed by atoms with Gasteiger partial charge in [0.1, 0.15) is 0 Å². The summed E-state index contributed by atoms with van der Waals surface area (Å²) in [7, 11) is 0. The quantitative estimate of drug-likeness (QED) is 0.101. The lowest BCUT2D eigenvalue weighted by molar-refractivity contribution is -0.138. The molecule has 222 valence electrons. The maximum Gasteiger partial charge on any atom is 0.303 e. The summed E-state index contributed by atoms with van der Waals surface area (Å²) in [6.45, 7) is 6.61. The number of hydrogen-bond acceptors (Lipinski definition) is 3. The van der Waals surface area contributed by atoms with Crippen molar-refractivity contribution in [1.29, 1.82) is 0 Å². The van der Waals surface area contributed by atoms with E-state index in [1.165, 1.54) is 103 Å². The maximum atomic E-state index is 10.2. The van der Waals surface area contributed by atoms with E-state index >= 15 is 0 Å². The number of carboxylic acids is 3. The highest BCUT2D eigenvalue weighted by Crippen LogP contribution is 2.10. The molecular weight excluding hydrogens is 468 g/mol. The van der Waals surface area contributed by atoms with E-state index in [1.54, 1.807) is 0 Å². The van der Waals surface area contributed by atoms with Crippen molar-refractivity contribution in [3.05, 3.63) is 0 Å². The van der Waals surface area contributed by atoms with Crippen LogP contribution in [-0.2, 0) is 14.4 Å². The second-order valence-electron chi connectivity index (χ2n) is 10.1. The minimum atomic E-state index is -0.663. The fourth-order valence-electron chi connectivity index (χ4n) is 3.88. The molecule has 0 aliphatic rings. The molecule has 0 aromatic rings. The molecule has 0 spiro atoms. The predicted octanol–water partition coefficient (Wildman–Crippen LogP) is 10.0. The third-order valence-corrected chi connectivity index (χ3v) is 6.23. The summed E-state index contributed by atoms with van der Waals surface area (Å²) in [4.78, 5) is 30.4. The van der Waals surface area contributed by atoms with Crippen molar-refractivity contribution >= 4 is 17.9 Å². The lowest BCUT2D eigenvalue weighted by Crippen LogP contribution is -1.93. The Morgan fingerprint density at radius 2 is 0.486 bits per heavy atom. The van der Waals surface area contributed by atoms with Gasteiger partial charge in [-0.1, -0.05) is 143 Å². The molecule has 0 rings (SSSR count). The molecule has 0 aromatic heterocycles. The fraction of sp³-hybridized carbons (Fsp3) is 0.903. The first-order chi connectivity index (χ1) is 17.8. The number of aliphatic carboxylic acids is 3. The van der Waals surface area contributed by atoms with Crippen LogP contribution in [-0.4, -0.2) is 33.2 Å². The monoisotopic (exact) mass is 530 g/mol. The average Bonchev–Trinajstić information content (AvgIpc) is 2.85. The van der Waals surface area contributed by atoms with Crippen LogP contribution < -0.4 is 0 Å². The van der Waals surface area contributed by atoms with E-state index in [1.807, 2.05) is 0 Å². The Bertz CT molecular complexity index is 450. The van der Waals surface area contributed by atoms with Crippen LogP contribution in [0.3, 0.4) is 0 Å². The van der Waals surface area contributed by atoms with E-state index in [2.05, 4.69) is 20.8 Å². The maximum absolute atomic E-state index is 10.2. The molecule has 0 radical (unpaired) electrons. The summed E-state index contributed by atoms with van der Waals surface area (Å²) in [6.07, 6.45) is 27.3. The van der Waals surface area contributed by atoms with Crippen LogP contribution in [0.2, 0.25) is 0 Å². The molecule has 0 amide bonds. The summed E-state index contributed by atoms with van der Waals surface area (Å²) in [6, 6.07) is 0. The second-order valence-corrected chi connectivity index (χ2v) is 10.1. The number of rotatable bonds is 25. The minimum Gasteiger partial charge on any atom is -0.481 e. The molecule has 0 saturated heterocycles. The van der Waals surface area contributed by atoms with E-state index in [4.69, 9.17) is 15.3 Å². The van der Waals surface area contributed by atoms with Crippen molar-refractivity contribution in [2.24, 2.45) is 0 Å². The van der Waals surface area contributed by atoms with Crippen LogP contribution in [0.1, 0.15) is 181 Å². The molecule has 3 N–H and O–H groups in total. The van der Waals surface area contributed by atoms with Gasteiger partial charge >= 0.3 is 17.9 Å². The van der Waals surface area contributed by atoms with E-state index in [-0.39, 0.29) is 0 Å². The lowest BCUT2D eigenvalue weighted by atomic mass is 10.1. The van der Waals surface area contributed by atoms with E-state index in [9.17, 15) is 14.4 Å². The Morgan fingerprint density at radius 1 is 0.324 bits per heavy atom. The standard InChI is InChI=1S/C11H22O2.2C10H20O2/c1-2-3-4-5-6-7-8-9-10-11(12)13;2*1-2-3-4-5-6-7-8-9-10(11)12/h2-10H2,1H3,(H,12,13);2*2-9H2,1H3,(H,11,12). The molecular formula is C31H62O6. The Kier molecular flexibility index (Phi) is 39.4. The van der Waals surface area contributed by atoms with Crippen molar-refractivity contribution < 1.29 is 29.7 Å². The molecule has 0 aromatic carbocycles. The van der Waals surface area contributed by atoms with Crippen molar-refractivity contribution in [3.8, 4) is 0 Å². The Hall–Kier alpha value is -1.59. The molecule has 0 fully saturated rings. The minimum absolute atomic E-state index is 0.341. The van der Waals surface area contributed by atoms with Gasteiger partial charge in [0.15, 0.2) is 0 Å². The van der Waals surface area contributed by atoms with Crippen molar-refractivity contribution in [2.75, 3.05) is 0 Å². The van der Waals surface area contributed by atoms with Gasteiger partial charge in [0, 0.05) is 19.3 Å². The Labute approximate surface area is 229 Å². The molecule has 0 aliphatic heterocycles. The van der Waals surface area contributed by atoms with Crippen LogP contribution in [0.4, 0.5) is 0 Å². The van der Waals surface area contributed by atoms with Gasteiger partial charge in [0.05, 0.1) is 0 Å². The van der Waals surface area contributed by atoms with Gasteiger partial charge in [-0.05, 0) is 19.3 Å². The SMILES string of the molecule is CCCCCCCCCC(=O)O.CCCCCCCCCC(=O)O.CCCCCCCCCCC(=O)O. The number of hydrogen-bond donors (Lipinski definition) is 3. The zero-order valence-corrected chi connectivity index (χ0v) is 24.7. The number of carboxylic acid groups (broad SMARTS) is 3. The topological polar surface area (TPSA) is 112 Å². The van der Waals surface area contributed by atoms with Gasteiger partial charge < -0.3 is 15.3 Å². The zero-order valence-electron chi connectivity index (χ0n) is 24.7. The first-order valence-corrected chi connectivity index (χ1v) is 15.5. The predicted molar refractivity (Wildman–Crippen MR) is 155 cm³/mol. The number of unbranched alkanes of at least 4 members (excludes halogenated alkanes) is 19. The third kappa shape index (κ3) is 51.8. The van der Waals surface area contributed by atoms with Gasteiger partial charge in [-0.15, -0.1) is 0 Å². The summed E-state index contributed by atoms with van der Waals surface area (Å²) in [5, 5.41) is 25.1. The van der Waals surface area contributed by atoms with Gasteiger partial charge in [-0.3, -0.25) is 14.4 Å². The first-order valence-electron chi connectivity index (χ1n) is 15.5. The smallest absolute Gasteiger partial charge is 0.303 e. The zero-order chi connectivity index (χ0) is 28.4. The summed E-state index contributed by atoms with van der Waals surface area (Å²) in [5.41, 5.74) is 0. The number of carbonyl (C=O) groups is 3. The lowest BCUT2D eigenvalue weighted by Gasteiger charge is -1.99. The average molecular weight is 531 g/mol. The summed E-state index contributed by atoms with van der Waals surface area (Å²) in [5.74, 6) is -1.99. The van der Waals surface area contributed by atoms with Gasteiger partial charge in [-0.25, -0.2) is 0 Å². The van der Waals surface area contributed by atoms with E-state index in [0.29, 0.717) is 19.3 Å². The van der Waals surface area contributed by atoms with E-state index < -0.39 is 17.9 Å². The first kappa shape index (κ1) is 39.9. The fourth-order valence-corrected chi connectivity index (χ4v) is 3.88. The van der Waals surface area contributed by atoms with Crippen molar-refractivity contribution in [1.82, 2.24) is 0 Å². The van der Waals surface area contributed by atoms with Crippen LogP contribution in [0.15, 0.2) is 0 Å². The molecule has 0 heterocycles. The molecule has 0 saturated carbocycles. The highest BCUT2D eigenvalue weighted by Gasteiger charge is 1.97. The van der Waals surface area contributed by atoms with Crippen molar-refractivity contribution in [3.63, 3.8) is 0 Å². The third-order valence-electron chi connectivity index (χ3n) is 6.23. The van der Waals surface area contributed by atoms with Crippen LogP contribution >= 0.6 is 0 Å². The highest BCUT2D eigenvalue weighted by atomic mass is 16.4. The molecule has 6 heteroatoms. The van der Waals surface area contributed by atoms with Crippen LogP contribution in [0.25, 0.3) is 0 Å². The normalized spacial score (nSPS) is 10.1. The largest absolute Gasteiger partial charge is 0.481 e. The Balaban J connectivity index is -0.000000469.